The highest BCUT2D eigenvalue weighted by molar-refractivity contribution is 5.47. The summed E-state index contributed by atoms with van der Waals surface area (Å²) >= 11 is 0. The third-order valence-electron chi connectivity index (χ3n) is 7.07. The zero-order chi connectivity index (χ0) is 25.8. The second kappa shape index (κ2) is 18.5. The van der Waals surface area contributed by atoms with Crippen LogP contribution in [-0.2, 0) is 19.6 Å². The average molecular weight is 501 g/mol. The van der Waals surface area contributed by atoms with E-state index in [-0.39, 0.29) is 0 Å². The van der Waals surface area contributed by atoms with E-state index in [4.69, 9.17) is 9.47 Å². The molecule has 0 atom stereocenters. The van der Waals surface area contributed by atoms with Crippen LogP contribution in [0.2, 0.25) is 0 Å². The summed E-state index contributed by atoms with van der Waals surface area (Å²) in [4.78, 5) is 0. The maximum absolute atomic E-state index is 6.38. The number of unbranched alkanes of at least 4 members (excludes halogenated alkanes) is 12. The largest absolute Gasteiger partial charge is 0.485 e. The molecular weight excluding hydrogens is 452 g/mol. The van der Waals surface area contributed by atoms with Gasteiger partial charge in [-0.15, -0.1) is 0 Å². The molecule has 2 heteroatoms. The topological polar surface area (TPSA) is 18.5 Å². The van der Waals surface area contributed by atoms with E-state index >= 15 is 0 Å². The highest BCUT2D eigenvalue weighted by atomic mass is 16.5. The molecule has 0 aliphatic carbocycles. The van der Waals surface area contributed by atoms with Gasteiger partial charge < -0.3 is 9.47 Å². The maximum Gasteiger partial charge on any atom is 0.164 e. The number of ether oxygens (including phenoxy) is 2. The van der Waals surface area contributed by atoms with E-state index < -0.39 is 0 Å². The predicted octanol–water partition coefficient (Wildman–Crippen LogP) is 10.5. The smallest absolute Gasteiger partial charge is 0.164 e. The lowest BCUT2D eigenvalue weighted by Crippen LogP contribution is -2.03. The van der Waals surface area contributed by atoms with E-state index in [2.05, 4.69) is 67.6 Å². The normalized spacial score (nSPS) is 10.9. The lowest BCUT2D eigenvalue weighted by atomic mass is 10.0. The summed E-state index contributed by atoms with van der Waals surface area (Å²) in [6.07, 6.45) is 18.9. The Morgan fingerprint density at radius 2 is 0.946 bits per heavy atom. The quantitative estimate of drug-likeness (QED) is 0.144. The summed E-state index contributed by atoms with van der Waals surface area (Å²) in [5.74, 6) is 1.74. The Morgan fingerprint density at radius 3 is 1.49 bits per heavy atom. The third kappa shape index (κ3) is 11.9. The van der Waals surface area contributed by atoms with Crippen molar-refractivity contribution in [3.63, 3.8) is 0 Å². The molecule has 0 heterocycles. The van der Waals surface area contributed by atoms with Gasteiger partial charge in [0, 0.05) is 0 Å². The highest BCUT2D eigenvalue weighted by Gasteiger charge is 2.12. The molecule has 37 heavy (non-hydrogen) atoms. The molecule has 0 bridgehead atoms. The molecule has 0 saturated carbocycles. The molecule has 2 nitrogen and oxygen atoms in total. The molecule has 3 aromatic rings. The summed E-state index contributed by atoms with van der Waals surface area (Å²) in [6, 6.07) is 27.1. The molecule has 0 aromatic heterocycles. The van der Waals surface area contributed by atoms with Crippen LogP contribution in [0.15, 0.2) is 78.9 Å². The molecule has 200 valence electrons. The van der Waals surface area contributed by atoms with Crippen molar-refractivity contribution in [3.8, 4) is 11.5 Å². The van der Waals surface area contributed by atoms with Crippen molar-refractivity contribution in [1.82, 2.24) is 0 Å². The second-order valence-corrected chi connectivity index (χ2v) is 10.3. The van der Waals surface area contributed by atoms with E-state index in [0.717, 1.165) is 17.9 Å². The number of hydrogen-bond donors (Lipinski definition) is 0. The zero-order valence-electron chi connectivity index (χ0n) is 23.1. The summed E-state index contributed by atoms with van der Waals surface area (Å²) in [6.45, 7) is 3.39. The van der Waals surface area contributed by atoms with Crippen molar-refractivity contribution in [2.24, 2.45) is 0 Å². The maximum atomic E-state index is 6.38. The van der Waals surface area contributed by atoms with Gasteiger partial charge in [-0.1, -0.05) is 157 Å². The van der Waals surface area contributed by atoms with E-state index in [1.807, 2.05) is 18.2 Å². The van der Waals surface area contributed by atoms with E-state index in [9.17, 15) is 0 Å². The molecule has 0 N–H and O–H groups in total. The summed E-state index contributed by atoms with van der Waals surface area (Å²) in [7, 11) is 0. The van der Waals surface area contributed by atoms with Crippen LogP contribution in [0.25, 0.3) is 0 Å². The van der Waals surface area contributed by atoms with Gasteiger partial charge in [-0.25, -0.2) is 0 Å². The van der Waals surface area contributed by atoms with Crippen LogP contribution in [0.5, 0.6) is 11.5 Å². The van der Waals surface area contributed by atoms with Gasteiger partial charge in [-0.3, -0.25) is 0 Å². The SMILES string of the molecule is CCCCCCCCCCCCCCCc1cccc(OCc2ccccc2)c1OCc1ccccc1. The van der Waals surface area contributed by atoms with Crippen LogP contribution >= 0.6 is 0 Å². The Balaban J connectivity index is 1.42. The molecule has 0 unspecified atom stereocenters. The van der Waals surface area contributed by atoms with E-state index in [1.54, 1.807) is 0 Å². The van der Waals surface area contributed by atoms with Crippen LogP contribution in [0, 0.1) is 0 Å². The van der Waals surface area contributed by atoms with E-state index in [0.29, 0.717) is 13.2 Å². The van der Waals surface area contributed by atoms with Gasteiger partial charge >= 0.3 is 0 Å². The van der Waals surface area contributed by atoms with Crippen molar-refractivity contribution in [2.45, 2.75) is 110 Å². The first-order valence-electron chi connectivity index (χ1n) is 14.8. The number of aryl methyl sites for hydroxylation is 1. The molecule has 0 spiro atoms. The molecule has 0 saturated heterocycles. The number of rotatable bonds is 20. The van der Waals surface area contributed by atoms with Crippen molar-refractivity contribution < 1.29 is 9.47 Å². The zero-order valence-corrected chi connectivity index (χ0v) is 23.1. The fourth-order valence-corrected chi connectivity index (χ4v) is 4.83. The Kier molecular flexibility index (Phi) is 14.4. The fourth-order valence-electron chi connectivity index (χ4n) is 4.83. The van der Waals surface area contributed by atoms with Crippen LogP contribution in [0.3, 0.4) is 0 Å². The van der Waals surface area contributed by atoms with Gasteiger partial charge in [-0.05, 0) is 35.6 Å². The Hall–Kier alpha value is -2.74. The Labute approximate surface area is 226 Å². The van der Waals surface area contributed by atoms with Gasteiger partial charge in [0.1, 0.15) is 13.2 Å². The molecule has 0 amide bonds. The fraction of sp³-hybridized carbons (Fsp3) is 0.486. The average Bonchev–Trinajstić information content (AvgIpc) is 2.95. The third-order valence-corrected chi connectivity index (χ3v) is 7.07. The van der Waals surface area contributed by atoms with Crippen LogP contribution < -0.4 is 9.47 Å². The van der Waals surface area contributed by atoms with Crippen molar-refractivity contribution in [2.75, 3.05) is 0 Å². The van der Waals surface area contributed by atoms with Gasteiger partial charge in [0.25, 0.3) is 0 Å². The summed E-state index contributed by atoms with van der Waals surface area (Å²) < 4.78 is 12.6. The standard InChI is InChI=1S/C35H48O2/c1-2-3-4-5-6-7-8-9-10-11-12-13-20-26-33-27-21-28-34(36-29-31-22-16-14-17-23-31)35(33)37-30-32-24-18-15-19-25-32/h14-19,21-25,27-28H,2-13,20,26,29-30H2,1H3. The van der Waals surface area contributed by atoms with Crippen molar-refractivity contribution in [3.05, 3.63) is 95.6 Å². The monoisotopic (exact) mass is 500 g/mol. The van der Waals surface area contributed by atoms with Crippen molar-refractivity contribution in [1.29, 1.82) is 0 Å². The highest BCUT2D eigenvalue weighted by Crippen LogP contribution is 2.34. The first kappa shape index (κ1) is 28.8. The molecule has 0 fully saturated rings. The van der Waals surface area contributed by atoms with Crippen molar-refractivity contribution >= 4 is 0 Å². The molecular formula is C35H48O2. The Morgan fingerprint density at radius 1 is 0.459 bits per heavy atom. The first-order chi connectivity index (χ1) is 18.4. The van der Waals surface area contributed by atoms with Crippen LogP contribution in [-0.4, -0.2) is 0 Å². The summed E-state index contributed by atoms with van der Waals surface area (Å²) in [5, 5.41) is 0. The van der Waals surface area contributed by atoms with Gasteiger partial charge in [0.2, 0.25) is 0 Å². The van der Waals surface area contributed by atoms with Gasteiger partial charge in [0.05, 0.1) is 0 Å². The number of para-hydroxylation sites is 1. The molecule has 3 aromatic carbocycles. The Bertz CT molecular complexity index is 952. The number of benzene rings is 3. The van der Waals surface area contributed by atoms with Gasteiger partial charge in [0.15, 0.2) is 11.5 Å². The lowest BCUT2D eigenvalue weighted by Gasteiger charge is -2.17. The minimum Gasteiger partial charge on any atom is -0.485 e. The minimum absolute atomic E-state index is 0.546. The van der Waals surface area contributed by atoms with E-state index in [1.165, 1.54) is 100 Å². The lowest BCUT2D eigenvalue weighted by molar-refractivity contribution is 0.253. The molecule has 0 aliphatic heterocycles. The second-order valence-electron chi connectivity index (χ2n) is 10.3. The number of hydrogen-bond acceptors (Lipinski definition) is 2. The summed E-state index contributed by atoms with van der Waals surface area (Å²) in [5.41, 5.74) is 3.59. The van der Waals surface area contributed by atoms with Gasteiger partial charge in [-0.2, -0.15) is 0 Å². The van der Waals surface area contributed by atoms with Crippen LogP contribution in [0.1, 0.15) is 107 Å². The predicted molar refractivity (Wildman–Crippen MR) is 157 cm³/mol. The molecule has 0 radical (unpaired) electrons. The minimum atomic E-state index is 0.546. The first-order valence-corrected chi connectivity index (χ1v) is 14.8. The van der Waals surface area contributed by atoms with Crippen LogP contribution in [0.4, 0.5) is 0 Å². The molecule has 3 rings (SSSR count). The molecule has 0 aliphatic rings.